The van der Waals surface area contributed by atoms with Crippen molar-refractivity contribution in [1.29, 1.82) is 0 Å². The first-order valence-corrected chi connectivity index (χ1v) is 11.5. The molecule has 158 valence electrons. The van der Waals surface area contributed by atoms with Gasteiger partial charge in [-0.25, -0.2) is 0 Å². The second kappa shape index (κ2) is 6.52. The van der Waals surface area contributed by atoms with Crippen LogP contribution in [0.4, 0.5) is 11.4 Å². The molecule has 0 aliphatic carbocycles. The molecule has 2 aromatic heterocycles. The molecule has 0 saturated carbocycles. The lowest BCUT2D eigenvalue weighted by molar-refractivity contribution is 0.603. The molecule has 6 aromatic rings. The van der Waals surface area contributed by atoms with Gasteiger partial charge in [0.25, 0.3) is 0 Å². The van der Waals surface area contributed by atoms with Crippen molar-refractivity contribution in [2.24, 2.45) is 0 Å². The lowest BCUT2D eigenvalue weighted by atomic mass is 9.65. The predicted octanol–water partition coefficient (Wildman–Crippen LogP) is 6.09. The van der Waals surface area contributed by atoms with Gasteiger partial charge >= 0.3 is 7.05 Å². The van der Waals surface area contributed by atoms with Crippen LogP contribution in [-0.2, 0) is 0 Å². The second-order valence-corrected chi connectivity index (χ2v) is 8.84. The van der Waals surface area contributed by atoms with Crippen LogP contribution in [0.25, 0.3) is 38.6 Å². The maximum atomic E-state index is 6.52. The van der Waals surface area contributed by atoms with Gasteiger partial charge in [0.15, 0.2) is 0 Å². The number of rotatable bonds is 1. The standard InChI is InChI=1S/C29H18BN3O/c1-4-10-25-22(8-1)23-9-2-5-11-26(23)32(25)19-13-14-29-28(17-19)33-27-12-6-3-7-21(27)20-15-16-31-18-24(20)30(33)34-29/h1-18H. The summed E-state index contributed by atoms with van der Waals surface area (Å²) >= 11 is 0. The number of benzene rings is 4. The van der Waals surface area contributed by atoms with E-state index in [-0.39, 0.29) is 7.05 Å². The Labute approximate surface area is 196 Å². The Balaban J connectivity index is 1.38. The van der Waals surface area contributed by atoms with E-state index in [1.165, 1.54) is 32.9 Å². The largest absolute Gasteiger partial charge is 0.536 e. The van der Waals surface area contributed by atoms with Crippen molar-refractivity contribution in [3.05, 3.63) is 109 Å². The van der Waals surface area contributed by atoms with Crippen LogP contribution in [-0.4, -0.2) is 16.6 Å². The predicted molar refractivity (Wildman–Crippen MR) is 139 cm³/mol. The van der Waals surface area contributed by atoms with Gasteiger partial charge in [0, 0.05) is 45.6 Å². The van der Waals surface area contributed by atoms with Crippen LogP contribution >= 0.6 is 0 Å². The molecule has 0 atom stereocenters. The Morgan fingerprint density at radius 3 is 2.24 bits per heavy atom. The first kappa shape index (κ1) is 18.0. The Bertz CT molecular complexity index is 1720. The zero-order valence-corrected chi connectivity index (χ0v) is 18.2. The van der Waals surface area contributed by atoms with Gasteiger partial charge in [0.1, 0.15) is 5.75 Å². The molecule has 4 heterocycles. The Morgan fingerprint density at radius 2 is 1.41 bits per heavy atom. The molecule has 0 unspecified atom stereocenters. The number of nitrogens with zero attached hydrogens (tertiary/aromatic N) is 3. The molecule has 8 rings (SSSR count). The molecule has 0 spiro atoms. The van der Waals surface area contributed by atoms with E-state index in [0.29, 0.717) is 0 Å². The number of anilines is 2. The molecule has 0 bridgehead atoms. The third-order valence-electron chi connectivity index (χ3n) is 7.09. The molecule has 0 N–H and O–H groups in total. The van der Waals surface area contributed by atoms with Crippen molar-refractivity contribution in [2.45, 2.75) is 0 Å². The highest BCUT2D eigenvalue weighted by molar-refractivity contribution is 6.77. The maximum absolute atomic E-state index is 6.52. The minimum Gasteiger partial charge on any atom is -0.536 e. The average Bonchev–Trinajstić information content (AvgIpc) is 3.45. The highest BCUT2D eigenvalue weighted by Crippen LogP contribution is 2.48. The van der Waals surface area contributed by atoms with E-state index in [0.717, 1.165) is 28.3 Å². The molecule has 4 aromatic carbocycles. The monoisotopic (exact) mass is 435 g/mol. The molecule has 34 heavy (non-hydrogen) atoms. The molecule has 2 aliphatic rings. The minimum absolute atomic E-state index is 0.220. The van der Waals surface area contributed by atoms with Gasteiger partial charge < -0.3 is 14.0 Å². The summed E-state index contributed by atoms with van der Waals surface area (Å²) < 4.78 is 8.87. The van der Waals surface area contributed by atoms with Gasteiger partial charge in [0.2, 0.25) is 0 Å². The van der Waals surface area contributed by atoms with Crippen molar-refractivity contribution >= 4 is 45.7 Å². The molecule has 5 heteroatoms. The van der Waals surface area contributed by atoms with Crippen LogP contribution in [0, 0.1) is 0 Å². The van der Waals surface area contributed by atoms with Gasteiger partial charge in [0.05, 0.1) is 16.7 Å². The molecular weight excluding hydrogens is 417 g/mol. The second-order valence-electron chi connectivity index (χ2n) is 8.84. The molecular formula is C29H18BN3O. The Morgan fingerprint density at radius 1 is 0.676 bits per heavy atom. The van der Waals surface area contributed by atoms with Crippen molar-refractivity contribution in [3.63, 3.8) is 0 Å². The molecule has 0 saturated heterocycles. The fourth-order valence-electron chi connectivity index (χ4n) is 5.65. The van der Waals surface area contributed by atoms with E-state index >= 15 is 0 Å². The zero-order valence-electron chi connectivity index (χ0n) is 18.2. The zero-order chi connectivity index (χ0) is 22.2. The lowest BCUT2D eigenvalue weighted by Gasteiger charge is -2.31. The summed E-state index contributed by atoms with van der Waals surface area (Å²) in [6, 6.07) is 34.4. The van der Waals surface area contributed by atoms with Gasteiger partial charge in [-0.3, -0.25) is 4.98 Å². The number of pyridine rings is 1. The molecule has 4 nitrogen and oxygen atoms in total. The summed E-state index contributed by atoms with van der Waals surface area (Å²) in [4.78, 5) is 6.72. The third-order valence-corrected chi connectivity index (χ3v) is 7.09. The molecule has 0 radical (unpaired) electrons. The van der Waals surface area contributed by atoms with Gasteiger partial charge in [-0.15, -0.1) is 0 Å². The number of para-hydroxylation sites is 3. The number of aromatic nitrogens is 2. The van der Waals surface area contributed by atoms with E-state index in [1.807, 2.05) is 12.4 Å². The van der Waals surface area contributed by atoms with E-state index in [2.05, 4.69) is 111 Å². The molecule has 0 amide bonds. The Hall–Kier alpha value is -4.51. The van der Waals surface area contributed by atoms with E-state index in [4.69, 9.17) is 4.65 Å². The van der Waals surface area contributed by atoms with E-state index < -0.39 is 0 Å². The average molecular weight is 435 g/mol. The fraction of sp³-hybridized carbons (Fsp3) is 0. The highest BCUT2D eigenvalue weighted by atomic mass is 16.5. The number of hydrogen-bond donors (Lipinski definition) is 0. The van der Waals surface area contributed by atoms with Crippen LogP contribution < -0.4 is 14.9 Å². The van der Waals surface area contributed by atoms with Crippen molar-refractivity contribution in [2.75, 3.05) is 4.81 Å². The lowest BCUT2D eigenvalue weighted by Crippen LogP contribution is -2.50. The van der Waals surface area contributed by atoms with E-state index in [9.17, 15) is 0 Å². The fourth-order valence-corrected chi connectivity index (χ4v) is 5.65. The summed E-state index contributed by atoms with van der Waals surface area (Å²) in [5.41, 5.74) is 9.24. The van der Waals surface area contributed by atoms with Crippen molar-refractivity contribution < 1.29 is 4.65 Å². The van der Waals surface area contributed by atoms with Crippen LogP contribution in [0.15, 0.2) is 109 Å². The SMILES string of the molecule is c1ccc2c(c1)-c1ccncc1B1Oc3ccc(-n4c5ccccc5c5ccccc54)cc3N12. The van der Waals surface area contributed by atoms with Crippen molar-refractivity contribution in [3.8, 4) is 22.6 Å². The highest BCUT2D eigenvalue weighted by Gasteiger charge is 2.45. The first-order valence-electron chi connectivity index (χ1n) is 11.5. The summed E-state index contributed by atoms with van der Waals surface area (Å²) in [5.74, 6) is 0.890. The molecule has 2 aliphatic heterocycles. The van der Waals surface area contributed by atoms with Crippen LogP contribution in [0.3, 0.4) is 0 Å². The van der Waals surface area contributed by atoms with Crippen LogP contribution in [0.1, 0.15) is 0 Å². The topological polar surface area (TPSA) is 30.3 Å². The summed E-state index contributed by atoms with van der Waals surface area (Å²) in [7, 11) is -0.220. The number of fused-ring (bicyclic) bond motifs is 11. The summed E-state index contributed by atoms with van der Waals surface area (Å²) in [6.07, 6.45) is 3.79. The third kappa shape index (κ3) is 2.26. The van der Waals surface area contributed by atoms with Gasteiger partial charge in [-0.05, 0) is 48.0 Å². The van der Waals surface area contributed by atoms with Crippen molar-refractivity contribution in [1.82, 2.24) is 9.55 Å². The summed E-state index contributed by atoms with van der Waals surface area (Å²) in [6.45, 7) is 0. The van der Waals surface area contributed by atoms with Crippen LogP contribution in [0.2, 0.25) is 0 Å². The minimum atomic E-state index is -0.220. The first-order chi connectivity index (χ1) is 16.9. The van der Waals surface area contributed by atoms with Crippen LogP contribution in [0.5, 0.6) is 5.75 Å². The normalized spacial score (nSPS) is 13.4. The smallest absolute Gasteiger partial charge is 0.526 e. The van der Waals surface area contributed by atoms with Gasteiger partial charge in [-0.2, -0.15) is 0 Å². The molecule has 0 fully saturated rings. The number of hydrogen-bond acceptors (Lipinski definition) is 3. The summed E-state index contributed by atoms with van der Waals surface area (Å²) in [5, 5.41) is 2.52. The quantitative estimate of drug-likeness (QED) is 0.293. The maximum Gasteiger partial charge on any atom is 0.526 e. The van der Waals surface area contributed by atoms with Gasteiger partial charge in [-0.1, -0.05) is 54.6 Å². The van der Waals surface area contributed by atoms with E-state index in [1.54, 1.807) is 0 Å². The Kier molecular flexibility index (Phi) is 3.45.